The zero-order valence-corrected chi connectivity index (χ0v) is 9.61. The molecule has 0 aromatic carbocycles. The first-order valence-electron chi connectivity index (χ1n) is 5.12. The number of carboxylic acid groups (broad SMARTS) is 1. The molecule has 0 radical (unpaired) electrons. The largest absolute Gasteiger partial charge is 0.481 e. The summed E-state index contributed by atoms with van der Waals surface area (Å²) in [6.45, 7) is 3.27. The number of aryl methyl sites for hydroxylation is 1. The number of hydrogen-bond acceptors (Lipinski definition) is 3. The first-order valence-corrected chi connectivity index (χ1v) is 5.12. The van der Waals surface area contributed by atoms with E-state index >= 15 is 0 Å². The molecule has 0 bridgehead atoms. The minimum atomic E-state index is -1.00. The van der Waals surface area contributed by atoms with Crippen molar-refractivity contribution in [3.8, 4) is 0 Å². The molecule has 1 heterocycles. The van der Waals surface area contributed by atoms with Gasteiger partial charge in [-0.05, 0) is 26.0 Å². The highest BCUT2D eigenvalue weighted by Crippen LogP contribution is 1.96. The van der Waals surface area contributed by atoms with Crippen molar-refractivity contribution in [2.75, 3.05) is 0 Å². The molecule has 0 aliphatic carbocycles. The van der Waals surface area contributed by atoms with Gasteiger partial charge >= 0.3 is 5.97 Å². The monoisotopic (exact) mass is 238 g/mol. The molecular weight excluding hydrogens is 224 g/mol. The van der Waals surface area contributed by atoms with Gasteiger partial charge in [-0.15, -0.1) is 0 Å². The molecule has 0 aliphatic rings. The Morgan fingerprint density at radius 1 is 1.47 bits per heavy atom. The van der Waals surface area contributed by atoms with Crippen LogP contribution in [0.5, 0.6) is 0 Å². The van der Waals surface area contributed by atoms with Gasteiger partial charge in [0.05, 0.1) is 6.42 Å². The van der Waals surface area contributed by atoms with E-state index in [0.29, 0.717) is 5.69 Å². The summed E-state index contributed by atoms with van der Waals surface area (Å²) in [5.41, 5.74) is 0.156. The normalized spacial score (nSPS) is 11.9. The molecule has 1 aromatic rings. The number of carboxylic acids is 1. The molecule has 0 saturated heterocycles. The van der Waals surface area contributed by atoms with Crippen molar-refractivity contribution >= 4 is 11.9 Å². The molecule has 1 unspecified atom stereocenters. The van der Waals surface area contributed by atoms with Crippen LogP contribution in [0.4, 0.5) is 0 Å². The van der Waals surface area contributed by atoms with Crippen LogP contribution >= 0.6 is 0 Å². The van der Waals surface area contributed by atoms with E-state index < -0.39 is 23.5 Å². The van der Waals surface area contributed by atoms with Crippen LogP contribution in [0, 0.1) is 6.92 Å². The maximum atomic E-state index is 11.6. The fourth-order valence-corrected chi connectivity index (χ4v) is 1.37. The molecule has 0 fully saturated rings. The fourth-order valence-electron chi connectivity index (χ4n) is 1.37. The van der Waals surface area contributed by atoms with Gasteiger partial charge in [0.2, 0.25) is 0 Å². The third kappa shape index (κ3) is 3.75. The van der Waals surface area contributed by atoms with Crippen LogP contribution in [0.1, 0.15) is 29.4 Å². The van der Waals surface area contributed by atoms with Crippen LogP contribution in [0.25, 0.3) is 0 Å². The van der Waals surface area contributed by atoms with Crippen molar-refractivity contribution in [3.05, 3.63) is 33.7 Å². The van der Waals surface area contributed by atoms with Crippen molar-refractivity contribution < 1.29 is 14.7 Å². The summed E-state index contributed by atoms with van der Waals surface area (Å²) >= 11 is 0. The lowest BCUT2D eigenvalue weighted by molar-refractivity contribution is -0.137. The number of aromatic amines is 1. The number of carbonyl (C=O) groups excluding carboxylic acids is 1. The lowest BCUT2D eigenvalue weighted by Crippen LogP contribution is -2.37. The minimum absolute atomic E-state index is 0.0205. The summed E-state index contributed by atoms with van der Waals surface area (Å²) in [5, 5.41) is 11.0. The molecule has 3 N–H and O–H groups in total. The Balaban J connectivity index is 2.77. The molecule has 1 aromatic heterocycles. The smallest absolute Gasteiger partial charge is 0.305 e. The molecule has 92 valence electrons. The summed E-state index contributed by atoms with van der Waals surface area (Å²) < 4.78 is 0. The van der Waals surface area contributed by atoms with Gasteiger partial charge in [0.15, 0.2) is 0 Å². The molecule has 1 rings (SSSR count). The molecule has 0 spiro atoms. The molecule has 1 amide bonds. The van der Waals surface area contributed by atoms with Gasteiger partial charge in [-0.1, -0.05) is 0 Å². The molecule has 0 aliphatic heterocycles. The average Bonchev–Trinajstić information content (AvgIpc) is 2.15. The Bertz CT molecular complexity index is 492. The van der Waals surface area contributed by atoms with Gasteiger partial charge in [0.1, 0.15) is 5.56 Å². The second-order valence-corrected chi connectivity index (χ2v) is 3.86. The first-order chi connectivity index (χ1) is 7.90. The predicted octanol–water partition coefficient (Wildman–Crippen LogP) is 0.276. The van der Waals surface area contributed by atoms with Gasteiger partial charge in [-0.25, -0.2) is 0 Å². The van der Waals surface area contributed by atoms with E-state index in [9.17, 15) is 14.4 Å². The van der Waals surface area contributed by atoms with Crippen LogP contribution in [-0.2, 0) is 4.79 Å². The standard InChI is InChI=1S/C11H14N2O4/c1-6-3-4-8(10(16)12-6)11(17)13-7(2)5-9(14)15/h3-4,7H,5H2,1-2H3,(H,12,16)(H,13,17)(H,14,15). The van der Waals surface area contributed by atoms with Gasteiger partial charge in [-0.2, -0.15) is 0 Å². The van der Waals surface area contributed by atoms with Crippen molar-refractivity contribution in [1.29, 1.82) is 0 Å². The maximum absolute atomic E-state index is 11.6. The highest BCUT2D eigenvalue weighted by Gasteiger charge is 2.14. The van der Waals surface area contributed by atoms with Crippen molar-refractivity contribution in [2.45, 2.75) is 26.3 Å². The van der Waals surface area contributed by atoms with Gasteiger partial charge in [0.25, 0.3) is 11.5 Å². The number of H-pyrrole nitrogens is 1. The number of nitrogens with one attached hydrogen (secondary N) is 2. The van der Waals surface area contributed by atoms with Crippen LogP contribution < -0.4 is 10.9 Å². The van der Waals surface area contributed by atoms with E-state index in [1.165, 1.54) is 6.07 Å². The van der Waals surface area contributed by atoms with Crippen LogP contribution in [-0.4, -0.2) is 28.0 Å². The molecule has 6 nitrogen and oxygen atoms in total. The fraction of sp³-hybridized carbons (Fsp3) is 0.364. The number of aromatic nitrogens is 1. The van der Waals surface area contributed by atoms with Crippen molar-refractivity contribution in [1.82, 2.24) is 10.3 Å². The SMILES string of the molecule is Cc1ccc(C(=O)NC(C)CC(=O)O)c(=O)[nH]1. The second-order valence-electron chi connectivity index (χ2n) is 3.86. The van der Waals surface area contributed by atoms with E-state index in [-0.39, 0.29) is 12.0 Å². The zero-order valence-electron chi connectivity index (χ0n) is 9.61. The Morgan fingerprint density at radius 2 is 2.12 bits per heavy atom. The maximum Gasteiger partial charge on any atom is 0.305 e. The van der Waals surface area contributed by atoms with Crippen molar-refractivity contribution in [3.63, 3.8) is 0 Å². The van der Waals surface area contributed by atoms with E-state index in [4.69, 9.17) is 5.11 Å². The Labute approximate surface area is 97.7 Å². The third-order valence-corrected chi connectivity index (χ3v) is 2.16. The molecule has 17 heavy (non-hydrogen) atoms. The first kappa shape index (κ1) is 13.0. The Hall–Kier alpha value is -2.11. The quantitative estimate of drug-likeness (QED) is 0.701. The highest BCUT2D eigenvalue weighted by atomic mass is 16.4. The molecule has 0 saturated carbocycles. The van der Waals surface area contributed by atoms with Crippen LogP contribution in [0.15, 0.2) is 16.9 Å². The topological polar surface area (TPSA) is 99.3 Å². The zero-order chi connectivity index (χ0) is 13.0. The summed E-state index contributed by atoms with van der Waals surface area (Å²) in [6, 6.07) is 2.50. The lowest BCUT2D eigenvalue weighted by atomic mass is 10.2. The number of pyridine rings is 1. The Morgan fingerprint density at radius 3 is 2.65 bits per heavy atom. The van der Waals surface area contributed by atoms with E-state index in [2.05, 4.69) is 10.3 Å². The minimum Gasteiger partial charge on any atom is -0.481 e. The highest BCUT2D eigenvalue weighted by molar-refractivity contribution is 5.94. The lowest BCUT2D eigenvalue weighted by Gasteiger charge is -2.10. The van der Waals surface area contributed by atoms with Crippen LogP contribution in [0.3, 0.4) is 0 Å². The number of hydrogen-bond donors (Lipinski definition) is 3. The van der Waals surface area contributed by atoms with Crippen LogP contribution in [0.2, 0.25) is 0 Å². The second kappa shape index (κ2) is 5.29. The van der Waals surface area contributed by atoms with E-state index in [1.54, 1.807) is 19.9 Å². The van der Waals surface area contributed by atoms with Crippen molar-refractivity contribution in [2.24, 2.45) is 0 Å². The van der Waals surface area contributed by atoms with Gasteiger partial charge < -0.3 is 15.4 Å². The Kier molecular flexibility index (Phi) is 4.03. The summed E-state index contributed by atoms with van der Waals surface area (Å²) in [7, 11) is 0. The molecule has 6 heteroatoms. The third-order valence-electron chi connectivity index (χ3n) is 2.16. The summed E-state index contributed by atoms with van der Waals surface area (Å²) in [4.78, 5) is 36.0. The number of rotatable bonds is 4. The predicted molar refractivity (Wildman–Crippen MR) is 61.0 cm³/mol. The summed E-state index contributed by atoms with van der Waals surface area (Å²) in [6.07, 6.45) is -0.185. The van der Waals surface area contributed by atoms with E-state index in [0.717, 1.165) is 0 Å². The van der Waals surface area contributed by atoms with Gasteiger partial charge in [0, 0.05) is 11.7 Å². The number of carbonyl (C=O) groups is 2. The summed E-state index contributed by atoms with van der Waals surface area (Å²) in [5.74, 6) is -1.57. The van der Waals surface area contributed by atoms with E-state index in [1.807, 2.05) is 0 Å². The average molecular weight is 238 g/mol. The molecular formula is C11H14N2O4. The number of amides is 1. The molecule has 1 atom stereocenters. The number of aliphatic carboxylic acids is 1. The van der Waals surface area contributed by atoms with Gasteiger partial charge in [-0.3, -0.25) is 14.4 Å².